The number of piperazine rings is 1. The molecule has 0 unspecified atom stereocenters. The molecule has 0 atom stereocenters. The summed E-state index contributed by atoms with van der Waals surface area (Å²) in [7, 11) is 1.94. The van der Waals surface area contributed by atoms with E-state index in [-0.39, 0.29) is 16.9 Å². The predicted octanol–water partition coefficient (Wildman–Crippen LogP) is 4.00. The maximum Gasteiger partial charge on any atom is 0.418 e. The van der Waals surface area contributed by atoms with Crippen LogP contribution in [0.1, 0.15) is 11.1 Å². The highest BCUT2D eigenvalue weighted by molar-refractivity contribution is 6.31. The van der Waals surface area contributed by atoms with Crippen LogP contribution < -0.4 is 15.5 Å². The molecule has 4 rings (SSSR count). The van der Waals surface area contributed by atoms with Crippen molar-refractivity contribution in [2.75, 3.05) is 48.8 Å². The van der Waals surface area contributed by atoms with E-state index in [4.69, 9.17) is 0 Å². The summed E-state index contributed by atoms with van der Waals surface area (Å²) >= 11 is 0. The van der Waals surface area contributed by atoms with Gasteiger partial charge in [-0.2, -0.15) is 13.2 Å². The van der Waals surface area contributed by atoms with E-state index < -0.39 is 23.5 Å². The largest absolute Gasteiger partial charge is 0.418 e. The van der Waals surface area contributed by atoms with E-state index in [9.17, 15) is 22.4 Å². The summed E-state index contributed by atoms with van der Waals surface area (Å²) in [6, 6.07) is 7.92. The monoisotopic (exact) mass is 420 g/mol. The summed E-state index contributed by atoms with van der Waals surface area (Å²) in [5.74, 6) is -0.939. The van der Waals surface area contributed by atoms with Crippen molar-refractivity contribution in [3.8, 4) is 0 Å². The van der Waals surface area contributed by atoms with Gasteiger partial charge in [-0.3, -0.25) is 4.79 Å². The molecule has 0 spiro atoms. The molecular formula is C21H20F4N4O. The minimum atomic E-state index is -4.52. The van der Waals surface area contributed by atoms with Crippen LogP contribution in [0.2, 0.25) is 0 Å². The summed E-state index contributed by atoms with van der Waals surface area (Å²) in [5.41, 5.74) is 0.660. The molecule has 1 fully saturated rings. The van der Waals surface area contributed by atoms with Crippen molar-refractivity contribution >= 4 is 28.5 Å². The number of rotatable bonds is 3. The molecule has 0 bridgehead atoms. The van der Waals surface area contributed by atoms with E-state index in [0.29, 0.717) is 37.4 Å². The molecular weight excluding hydrogens is 400 g/mol. The van der Waals surface area contributed by atoms with Crippen LogP contribution in [0, 0.1) is 5.82 Å². The maximum atomic E-state index is 13.7. The van der Waals surface area contributed by atoms with Gasteiger partial charge in [-0.25, -0.2) is 4.39 Å². The molecule has 0 aromatic heterocycles. The van der Waals surface area contributed by atoms with Crippen molar-refractivity contribution in [3.63, 3.8) is 0 Å². The fourth-order valence-corrected chi connectivity index (χ4v) is 3.64. The first-order valence-corrected chi connectivity index (χ1v) is 9.45. The molecule has 5 nitrogen and oxygen atoms in total. The Morgan fingerprint density at radius 3 is 2.50 bits per heavy atom. The second-order valence-corrected chi connectivity index (χ2v) is 7.37. The van der Waals surface area contributed by atoms with Gasteiger partial charge in [-0.1, -0.05) is 0 Å². The second-order valence-electron chi connectivity index (χ2n) is 7.37. The molecule has 2 aromatic rings. The number of hydrogen-bond acceptors (Lipinski definition) is 4. The highest BCUT2D eigenvalue weighted by Gasteiger charge is 2.35. The Morgan fingerprint density at radius 2 is 1.80 bits per heavy atom. The molecule has 158 valence electrons. The fraction of sp³-hybridized carbons (Fsp3) is 0.286. The van der Waals surface area contributed by atoms with Gasteiger partial charge in [0, 0.05) is 49.3 Å². The van der Waals surface area contributed by atoms with Crippen LogP contribution in [0.25, 0.3) is 5.57 Å². The minimum absolute atomic E-state index is 0.147. The molecule has 0 radical (unpaired) electrons. The summed E-state index contributed by atoms with van der Waals surface area (Å²) in [4.78, 5) is 16.0. The van der Waals surface area contributed by atoms with Gasteiger partial charge in [0.25, 0.3) is 5.91 Å². The molecule has 2 aromatic carbocycles. The highest BCUT2D eigenvalue weighted by Crippen LogP contribution is 2.39. The Kier molecular flexibility index (Phi) is 5.15. The zero-order valence-corrected chi connectivity index (χ0v) is 16.2. The first-order chi connectivity index (χ1) is 14.2. The molecule has 9 heteroatoms. The second kappa shape index (κ2) is 7.64. The van der Waals surface area contributed by atoms with Crippen LogP contribution in [0.4, 0.5) is 34.6 Å². The number of fused-ring (bicyclic) bond motifs is 1. The molecule has 2 N–H and O–H groups in total. The highest BCUT2D eigenvalue weighted by atomic mass is 19.4. The lowest BCUT2D eigenvalue weighted by molar-refractivity contribution is -0.137. The minimum Gasteiger partial charge on any atom is -0.368 e. The summed E-state index contributed by atoms with van der Waals surface area (Å²) < 4.78 is 54.5. The number of nitrogens with one attached hydrogen (secondary N) is 2. The average molecular weight is 420 g/mol. The number of amides is 1. The lowest BCUT2D eigenvalue weighted by atomic mass is 10.1. The fourth-order valence-electron chi connectivity index (χ4n) is 3.64. The van der Waals surface area contributed by atoms with E-state index in [1.165, 1.54) is 30.5 Å². The van der Waals surface area contributed by atoms with Gasteiger partial charge in [-0.05, 0) is 43.4 Å². The topological polar surface area (TPSA) is 47.6 Å². The Labute approximate surface area is 171 Å². The van der Waals surface area contributed by atoms with E-state index >= 15 is 0 Å². The zero-order valence-electron chi connectivity index (χ0n) is 16.2. The molecule has 30 heavy (non-hydrogen) atoms. The van der Waals surface area contributed by atoms with Gasteiger partial charge in [0.05, 0.1) is 16.8 Å². The molecule has 0 saturated carbocycles. The maximum absolute atomic E-state index is 13.7. The first-order valence-electron chi connectivity index (χ1n) is 9.45. The smallest absolute Gasteiger partial charge is 0.368 e. The molecule has 1 amide bonds. The van der Waals surface area contributed by atoms with Gasteiger partial charge >= 0.3 is 6.18 Å². The first kappa shape index (κ1) is 20.2. The SMILES string of the molecule is CN1CCN(c2ccc(N/C=C3/C(=O)Nc4cc(F)ccc43)cc2C(F)(F)F)CC1. The van der Waals surface area contributed by atoms with E-state index in [0.717, 1.165) is 6.07 Å². The van der Waals surface area contributed by atoms with Gasteiger partial charge in [-0.15, -0.1) is 0 Å². The van der Waals surface area contributed by atoms with Crippen LogP contribution in [0.3, 0.4) is 0 Å². The number of alkyl halides is 3. The number of hydrogen-bond donors (Lipinski definition) is 2. The lowest BCUT2D eigenvalue weighted by Crippen LogP contribution is -2.45. The van der Waals surface area contributed by atoms with Crippen molar-refractivity contribution in [2.45, 2.75) is 6.18 Å². The number of benzene rings is 2. The number of nitrogens with zero attached hydrogens (tertiary/aromatic N) is 2. The molecule has 1 saturated heterocycles. The summed E-state index contributed by atoms with van der Waals surface area (Å²) in [5, 5.41) is 5.32. The standard InChI is InChI=1S/C21H20F4N4O/c1-28-6-8-29(9-7-28)19-5-3-14(11-17(19)21(23,24)25)26-12-16-15-4-2-13(22)10-18(15)27-20(16)30/h2-5,10-12,26H,6-9H2,1H3,(H,27,30)/b16-12+. The molecule has 2 heterocycles. The normalized spacial score (nSPS) is 18.5. The van der Waals surface area contributed by atoms with Crippen molar-refractivity contribution in [2.24, 2.45) is 0 Å². The van der Waals surface area contributed by atoms with E-state index in [1.807, 2.05) is 7.05 Å². The van der Waals surface area contributed by atoms with Crippen molar-refractivity contribution < 1.29 is 22.4 Å². The quantitative estimate of drug-likeness (QED) is 0.582. The third-order valence-corrected chi connectivity index (χ3v) is 5.29. The van der Waals surface area contributed by atoms with Crippen LogP contribution in [-0.4, -0.2) is 44.0 Å². The Bertz CT molecular complexity index is 1010. The lowest BCUT2D eigenvalue weighted by Gasteiger charge is -2.35. The van der Waals surface area contributed by atoms with Crippen LogP contribution in [0.15, 0.2) is 42.6 Å². The number of carbonyl (C=O) groups is 1. The van der Waals surface area contributed by atoms with Gasteiger partial charge in [0.1, 0.15) is 5.82 Å². The number of anilines is 3. The molecule has 2 aliphatic heterocycles. The van der Waals surface area contributed by atoms with Crippen molar-refractivity contribution in [1.29, 1.82) is 0 Å². The Morgan fingerprint density at radius 1 is 1.07 bits per heavy atom. The molecule has 2 aliphatic rings. The summed E-state index contributed by atoms with van der Waals surface area (Å²) in [6.45, 7) is 2.42. The van der Waals surface area contributed by atoms with Crippen molar-refractivity contribution in [3.05, 3.63) is 59.5 Å². The third-order valence-electron chi connectivity index (χ3n) is 5.29. The van der Waals surface area contributed by atoms with Gasteiger partial charge in [0.15, 0.2) is 0 Å². The third kappa shape index (κ3) is 3.97. The Hall–Kier alpha value is -3.07. The van der Waals surface area contributed by atoms with Crippen LogP contribution in [-0.2, 0) is 11.0 Å². The van der Waals surface area contributed by atoms with E-state index in [1.54, 1.807) is 11.0 Å². The van der Waals surface area contributed by atoms with Crippen LogP contribution >= 0.6 is 0 Å². The zero-order chi connectivity index (χ0) is 21.5. The molecule has 0 aliphatic carbocycles. The predicted molar refractivity (Wildman–Crippen MR) is 108 cm³/mol. The van der Waals surface area contributed by atoms with Gasteiger partial charge in [0.2, 0.25) is 0 Å². The van der Waals surface area contributed by atoms with Crippen molar-refractivity contribution in [1.82, 2.24) is 4.90 Å². The van der Waals surface area contributed by atoms with Gasteiger partial charge < -0.3 is 20.4 Å². The number of halogens is 4. The Balaban J connectivity index is 1.61. The van der Waals surface area contributed by atoms with E-state index in [2.05, 4.69) is 15.5 Å². The van der Waals surface area contributed by atoms with Crippen LogP contribution in [0.5, 0.6) is 0 Å². The average Bonchev–Trinajstić information content (AvgIpc) is 3.00. The number of likely N-dealkylation sites (N-methyl/N-ethyl adjacent to an activating group) is 1. The summed E-state index contributed by atoms with van der Waals surface area (Å²) in [6.07, 6.45) is -3.18. The number of carbonyl (C=O) groups excluding carboxylic acids is 1.